The van der Waals surface area contributed by atoms with Gasteiger partial charge in [-0.1, -0.05) is 30.3 Å². The van der Waals surface area contributed by atoms with Gasteiger partial charge in [-0.2, -0.15) is 0 Å². The molecule has 0 saturated carbocycles. The molecule has 0 saturated heterocycles. The van der Waals surface area contributed by atoms with Gasteiger partial charge in [0.2, 0.25) is 0 Å². The van der Waals surface area contributed by atoms with Gasteiger partial charge in [-0.15, -0.1) is 0 Å². The van der Waals surface area contributed by atoms with Crippen molar-refractivity contribution in [3.8, 4) is 11.5 Å². The Balaban J connectivity index is 1.78. The molecule has 23 heavy (non-hydrogen) atoms. The number of allylic oxidation sites excluding steroid dienone is 1. The van der Waals surface area contributed by atoms with Gasteiger partial charge in [0.1, 0.15) is 11.5 Å². The van der Waals surface area contributed by atoms with Crippen molar-refractivity contribution in [3.63, 3.8) is 0 Å². The van der Waals surface area contributed by atoms with Gasteiger partial charge in [-0.3, -0.25) is 4.79 Å². The van der Waals surface area contributed by atoms with Crippen LogP contribution in [-0.4, -0.2) is 27.2 Å². The molecule has 0 heterocycles. The molecule has 0 fully saturated rings. The van der Waals surface area contributed by atoms with Crippen LogP contribution in [0.1, 0.15) is 17.5 Å². The number of rotatable bonds is 7. The Morgan fingerprint density at radius 2 is 1.43 bits per heavy atom. The minimum atomic E-state index is -0.739. The van der Waals surface area contributed by atoms with Gasteiger partial charge in [0.15, 0.2) is 5.78 Å². The fraction of sp³-hybridized carbons (Fsp3) is 0.211. The standard InChI is InChI=1S/C19H20O4/c20-16-6-1-14(2-7-16)3-8-18(22)11-12-19(23)13-15-4-9-17(21)10-5-15/h1-2,4-7,9-12,19-21,23H,3,8,13H2. The fourth-order valence-electron chi connectivity index (χ4n) is 2.17. The molecular weight excluding hydrogens is 292 g/mol. The van der Waals surface area contributed by atoms with Crippen LogP contribution < -0.4 is 0 Å². The Labute approximate surface area is 135 Å². The Morgan fingerprint density at radius 1 is 0.913 bits per heavy atom. The van der Waals surface area contributed by atoms with Crippen molar-refractivity contribution in [3.05, 3.63) is 71.8 Å². The second kappa shape index (κ2) is 8.15. The lowest BCUT2D eigenvalue weighted by Crippen LogP contribution is -2.07. The third-order valence-corrected chi connectivity index (χ3v) is 3.48. The molecule has 0 aromatic heterocycles. The number of carbonyl (C=O) groups excluding carboxylic acids is 1. The van der Waals surface area contributed by atoms with Crippen LogP contribution in [0.25, 0.3) is 0 Å². The molecule has 0 radical (unpaired) electrons. The number of hydrogen-bond acceptors (Lipinski definition) is 4. The molecule has 0 bridgehead atoms. The monoisotopic (exact) mass is 312 g/mol. The number of phenols is 2. The Hall–Kier alpha value is -2.59. The normalized spacial score (nSPS) is 12.4. The van der Waals surface area contributed by atoms with Gasteiger partial charge < -0.3 is 15.3 Å². The summed E-state index contributed by atoms with van der Waals surface area (Å²) in [5, 5.41) is 28.3. The van der Waals surface area contributed by atoms with Crippen molar-refractivity contribution < 1.29 is 20.1 Å². The predicted molar refractivity (Wildman–Crippen MR) is 88.4 cm³/mol. The lowest BCUT2D eigenvalue weighted by atomic mass is 10.0. The highest BCUT2D eigenvalue weighted by molar-refractivity contribution is 5.89. The lowest BCUT2D eigenvalue weighted by Gasteiger charge is -2.05. The van der Waals surface area contributed by atoms with E-state index in [1.54, 1.807) is 48.5 Å². The summed E-state index contributed by atoms with van der Waals surface area (Å²) in [5.74, 6) is 0.336. The molecule has 4 nitrogen and oxygen atoms in total. The smallest absolute Gasteiger partial charge is 0.155 e. The first-order chi connectivity index (χ1) is 11.0. The molecule has 1 atom stereocenters. The minimum absolute atomic E-state index is 0.0529. The summed E-state index contributed by atoms with van der Waals surface area (Å²) in [6.45, 7) is 0. The van der Waals surface area contributed by atoms with Crippen molar-refractivity contribution in [2.75, 3.05) is 0 Å². The molecule has 2 aromatic rings. The zero-order valence-corrected chi connectivity index (χ0v) is 12.7. The first-order valence-electron chi connectivity index (χ1n) is 7.48. The Bertz CT molecular complexity index is 657. The topological polar surface area (TPSA) is 77.8 Å². The summed E-state index contributed by atoms with van der Waals surface area (Å²) in [6, 6.07) is 13.4. The zero-order valence-electron chi connectivity index (χ0n) is 12.7. The number of carbonyl (C=O) groups is 1. The van der Waals surface area contributed by atoms with Crippen molar-refractivity contribution in [1.29, 1.82) is 0 Å². The molecule has 0 aliphatic heterocycles. The number of aryl methyl sites for hydroxylation is 1. The highest BCUT2D eigenvalue weighted by atomic mass is 16.3. The van der Waals surface area contributed by atoms with Crippen LogP contribution in [0, 0.1) is 0 Å². The lowest BCUT2D eigenvalue weighted by molar-refractivity contribution is -0.114. The number of benzene rings is 2. The number of phenolic OH excluding ortho intramolecular Hbond substituents is 2. The number of aliphatic hydroxyl groups is 1. The van der Waals surface area contributed by atoms with Crippen LogP contribution in [0.2, 0.25) is 0 Å². The number of aromatic hydroxyl groups is 2. The molecule has 1 unspecified atom stereocenters. The van der Waals surface area contributed by atoms with Crippen molar-refractivity contribution in [2.24, 2.45) is 0 Å². The molecule has 2 rings (SSSR count). The van der Waals surface area contributed by atoms with Crippen molar-refractivity contribution in [1.82, 2.24) is 0 Å². The molecule has 0 amide bonds. The molecule has 0 aliphatic rings. The Morgan fingerprint density at radius 3 is 2.00 bits per heavy atom. The van der Waals surface area contributed by atoms with E-state index < -0.39 is 6.10 Å². The van der Waals surface area contributed by atoms with Crippen LogP contribution in [0.3, 0.4) is 0 Å². The third kappa shape index (κ3) is 5.96. The average Bonchev–Trinajstić information content (AvgIpc) is 2.54. The molecular formula is C19H20O4. The van der Waals surface area contributed by atoms with E-state index in [0.717, 1.165) is 11.1 Å². The molecule has 0 spiro atoms. The van der Waals surface area contributed by atoms with Gasteiger partial charge in [0.25, 0.3) is 0 Å². The van der Waals surface area contributed by atoms with Gasteiger partial charge in [0, 0.05) is 12.8 Å². The van der Waals surface area contributed by atoms with Crippen LogP contribution >= 0.6 is 0 Å². The summed E-state index contributed by atoms with van der Waals surface area (Å²) < 4.78 is 0. The number of aliphatic hydroxyl groups excluding tert-OH is 1. The fourth-order valence-corrected chi connectivity index (χ4v) is 2.17. The maximum Gasteiger partial charge on any atom is 0.155 e. The van der Waals surface area contributed by atoms with Gasteiger partial charge in [0.05, 0.1) is 6.10 Å². The van der Waals surface area contributed by atoms with E-state index in [1.807, 2.05) is 0 Å². The first kappa shape index (κ1) is 16.8. The van der Waals surface area contributed by atoms with Crippen molar-refractivity contribution >= 4 is 5.78 Å². The highest BCUT2D eigenvalue weighted by Gasteiger charge is 2.04. The second-order valence-electron chi connectivity index (χ2n) is 5.43. The van der Waals surface area contributed by atoms with Crippen LogP contribution in [0.5, 0.6) is 11.5 Å². The van der Waals surface area contributed by atoms with Gasteiger partial charge >= 0.3 is 0 Å². The van der Waals surface area contributed by atoms with E-state index in [-0.39, 0.29) is 17.3 Å². The molecule has 4 heteroatoms. The molecule has 120 valence electrons. The summed E-state index contributed by atoms with van der Waals surface area (Å²) in [5.41, 5.74) is 1.87. The van der Waals surface area contributed by atoms with Gasteiger partial charge in [-0.25, -0.2) is 0 Å². The number of ketones is 1. The number of hydrogen-bond donors (Lipinski definition) is 3. The minimum Gasteiger partial charge on any atom is -0.508 e. The zero-order chi connectivity index (χ0) is 16.7. The van der Waals surface area contributed by atoms with Gasteiger partial charge in [-0.05, 0) is 47.9 Å². The first-order valence-corrected chi connectivity index (χ1v) is 7.48. The largest absolute Gasteiger partial charge is 0.508 e. The van der Waals surface area contributed by atoms with Crippen LogP contribution in [0.4, 0.5) is 0 Å². The molecule has 2 aromatic carbocycles. The molecule has 3 N–H and O–H groups in total. The van der Waals surface area contributed by atoms with Crippen molar-refractivity contribution in [2.45, 2.75) is 25.4 Å². The SMILES string of the molecule is O=C(C=CC(O)Cc1ccc(O)cc1)CCc1ccc(O)cc1. The maximum absolute atomic E-state index is 11.8. The summed E-state index contributed by atoms with van der Waals surface area (Å²) in [6.07, 6.45) is 3.50. The van der Waals surface area contributed by atoms with E-state index in [2.05, 4.69) is 0 Å². The van der Waals surface area contributed by atoms with E-state index in [1.165, 1.54) is 12.2 Å². The molecule has 0 aliphatic carbocycles. The quantitative estimate of drug-likeness (QED) is 0.687. The average molecular weight is 312 g/mol. The van der Waals surface area contributed by atoms with E-state index in [0.29, 0.717) is 19.3 Å². The maximum atomic E-state index is 11.8. The van der Waals surface area contributed by atoms with E-state index in [4.69, 9.17) is 0 Å². The van der Waals surface area contributed by atoms with E-state index >= 15 is 0 Å². The Kier molecular flexibility index (Phi) is 5.94. The highest BCUT2D eigenvalue weighted by Crippen LogP contribution is 2.13. The van der Waals surface area contributed by atoms with Crippen LogP contribution in [0.15, 0.2) is 60.7 Å². The second-order valence-corrected chi connectivity index (χ2v) is 5.43. The summed E-state index contributed by atoms with van der Waals surface area (Å²) >= 11 is 0. The van der Waals surface area contributed by atoms with Crippen LogP contribution in [-0.2, 0) is 17.6 Å². The summed E-state index contributed by atoms with van der Waals surface area (Å²) in [7, 11) is 0. The predicted octanol–water partition coefficient (Wildman–Crippen LogP) is 2.76. The third-order valence-electron chi connectivity index (χ3n) is 3.48. The van der Waals surface area contributed by atoms with E-state index in [9.17, 15) is 20.1 Å². The summed E-state index contributed by atoms with van der Waals surface area (Å²) in [4.78, 5) is 11.8.